The quantitative estimate of drug-likeness (QED) is 0.609. The second-order valence-electron chi connectivity index (χ2n) is 5.86. The van der Waals surface area contributed by atoms with Gasteiger partial charge in [-0.2, -0.15) is 0 Å². The third-order valence-corrected chi connectivity index (χ3v) is 4.13. The SMILES string of the molecule is COc1ccc(Nc2cc(NCc3ccc(Cl)cc3)nc(C)n2)cc1OC. The Balaban J connectivity index is 1.74. The first-order chi connectivity index (χ1) is 13.1. The predicted octanol–water partition coefficient (Wildman–Crippen LogP) is 4.81. The van der Waals surface area contributed by atoms with Crippen LogP contribution in [0.1, 0.15) is 11.4 Å². The van der Waals surface area contributed by atoms with Crippen LogP contribution in [0.5, 0.6) is 11.5 Å². The topological polar surface area (TPSA) is 68.3 Å². The van der Waals surface area contributed by atoms with E-state index in [0.29, 0.717) is 29.7 Å². The summed E-state index contributed by atoms with van der Waals surface area (Å²) in [6, 6.07) is 15.2. The summed E-state index contributed by atoms with van der Waals surface area (Å²) in [6.45, 7) is 2.50. The molecule has 0 bridgehead atoms. The molecule has 0 saturated heterocycles. The van der Waals surface area contributed by atoms with Crippen molar-refractivity contribution in [3.8, 4) is 11.5 Å². The van der Waals surface area contributed by atoms with Crippen LogP contribution in [0.15, 0.2) is 48.5 Å². The van der Waals surface area contributed by atoms with Gasteiger partial charge >= 0.3 is 0 Å². The minimum atomic E-state index is 0.642. The minimum Gasteiger partial charge on any atom is -0.493 e. The average molecular weight is 385 g/mol. The van der Waals surface area contributed by atoms with Gasteiger partial charge in [0.05, 0.1) is 14.2 Å². The van der Waals surface area contributed by atoms with Crippen LogP contribution in [-0.2, 0) is 6.54 Å². The van der Waals surface area contributed by atoms with Crippen LogP contribution in [0.25, 0.3) is 0 Å². The van der Waals surface area contributed by atoms with Crippen LogP contribution in [0.3, 0.4) is 0 Å². The van der Waals surface area contributed by atoms with Gasteiger partial charge in [0, 0.05) is 29.4 Å². The van der Waals surface area contributed by atoms with Crippen LogP contribution in [0, 0.1) is 6.92 Å². The molecule has 2 N–H and O–H groups in total. The van der Waals surface area contributed by atoms with Crippen molar-refractivity contribution in [3.63, 3.8) is 0 Å². The van der Waals surface area contributed by atoms with Crippen molar-refractivity contribution in [2.24, 2.45) is 0 Å². The number of hydrogen-bond acceptors (Lipinski definition) is 6. The summed E-state index contributed by atoms with van der Waals surface area (Å²) in [5.41, 5.74) is 1.96. The monoisotopic (exact) mass is 384 g/mol. The molecule has 3 aromatic rings. The van der Waals surface area contributed by atoms with Crippen LogP contribution in [0.2, 0.25) is 5.02 Å². The maximum Gasteiger partial charge on any atom is 0.162 e. The molecule has 140 valence electrons. The van der Waals surface area contributed by atoms with Crippen molar-refractivity contribution in [3.05, 3.63) is 64.9 Å². The lowest BCUT2D eigenvalue weighted by molar-refractivity contribution is 0.355. The maximum absolute atomic E-state index is 5.92. The Hall–Kier alpha value is -2.99. The number of methoxy groups -OCH3 is 2. The smallest absolute Gasteiger partial charge is 0.162 e. The van der Waals surface area contributed by atoms with E-state index in [0.717, 1.165) is 22.1 Å². The van der Waals surface area contributed by atoms with Gasteiger partial charge in [0.25, 0.3) is 0 Å². The first kappa shape index (κ1) is 18.8. The second kappa shape index (κ2) is 8.60. The molecule has 27 heavy (non-hydrogen) atoms. The molecule has 6 nitrogen and oxygen atoms in total. The maximum atomic E-state index is 5.92. The molecule has 0 amide bonds. The molecule has 2 aromatic carbocycles. The van der Waals surface area contributed by atoms with E-state index in [9.17, 15) is 0 Å². The van der Waals surface area contributed by atoms with Crippen molar-refractivity contribution in [1.29, 1.82) is 0 Å². The van der Waals surface area contributed by atoms with Gasteiger partial charge in [0.1, 0.15) is 17.5 Å². The molecule has 3 rings (SSSR count). The van der Waals surface area contributed by atoms with Crippen molar-refractivity contribution in [2.75, 3.05) is 24.9 Å². The fraction of sp³-hybridized carbons (Fsp3) is 0.200. The number of halogens is 1. The first-order valence-electron chi connectivity index (χ1n) is 8.40. The molecule has 0 spiro atoms. The number of benzene rings is 2. The Labute approximate surface area is 163 Å². The zero-order valence-corrected chi connectivity index (χ0v) is 16.2. The van der Waals surface area contributed by atoms with Gasteiger partial charge in [0.15, 0.2) is 11.5 Å². The zero-order valence-electron chi connectivity index (χ0n) is 15.4. The molecule has 7 heteroatoms. The van der Waals surface area contributed by atoms with E-state index in [4.69, 9.17) is 21.1 Å². The third-order valence-electron chi connectivity index (χ3n) is 3.88. The van der Waals surface area contributed by atoms with E-state index in [1.807, 2.05) is 55.5 Å². The highest BCUT2D eigenvalue weighted by molar-refractivity contribution is 6.30. The minimum absolute atomic E-state index is 0.642. The number of anilines is 3. The van der Waals surface area contributed by atoms with Gasteiger partial charge in [-0.15, -0.1) is 0 Å². The number of aromatic nitrogens is 2. The van der Waals surface area contributed by atoms with Gasteiger partial charge in [-0.1, -0.05) is 23.7 Å². The van der Waals surface area contributed by atoms with Crippen LogP contribution < -0.4 is 20.1 Å². The normalized spacial score (nSPS) is 10.4. The molecule has 0 aliphatic heterocycles. The number of nitrogens with zero attached hydrogens (tertiary/aromatic N) is 2. The number of aryl methyl sites for hydroxylation is 1. The van der Waals surface area contributed by atoms with Crippen LogP contribution >= 0.6 is 11.6 Å². The standard InChI is InChI=1S/C20H21ClN4O2/c1-13-23-19(22-12-14-4-6-15(21)7-5-14)11-20(24-13)25-16-8-9-17(26-2)18(10-16)27-3/h4-11H,12H2,1-3H3,(H2,22,23,24,25). The lowest BCUT2D eigenvalue weighted by atomic mass is 10.2. The zero-order chi connectivity index (χ0) is 19.2. The fourth-order valence-corrected chi connectivity index (χ4v) is 2.71. The van der Waals surface area contributed by atoms with E-state index in [2.05, 4.69) is 20.6 Å². The van der Waals surface area contributed by atoms with Gasteiger partial charge in [-0.3, -0.25) is 0 Å². The van der Waals surface area contributed by atoms with E-state index >= 15 is 0 Å². The summed E-state index contributed by atoms with van der Waals surface area (Å²) in [5, 5.41) is 7.30. The summed E-state index contributed by atoms with van der Waals surface area (Å²) < 4.78 is 10.6. The Morgan fingerprint density at radius 2 is 1.59 bits per heavy atom. The summed E-state index contributed by atoms with van der Waals surface area (Å²) in [5.74, 6) is 3.41. The summed E-state index contributed by atoms with van der Waals surface area (Å²) >= 11 is 5.92. The molecule has 0 atom stereocenters. The second-order valence-corrected chi connectivity index (χ2v) is 6.30. The molecule has 0 aliphatic carbocycles. The van der Waals surface area contributed by atoms with Crippen molar-refractivity contribution >= 4 is 28.9 Å². The van der Waals surface area contributed by atoms with Gasteiger partial charge in [-0.05, 0) is 36.8 Å². The molecular weight excluding hydrogens is 364 g/mol. The molecule has 0 aliphatic rings. The highest BCUT2D eigenvalue weighted by Crippen LogP contribution is 2.31. The Kier molecular flexibility index (Phi) is 5.98. The highest BCUT2D eigenvalue weighted by atomic mass is 35.5. The van der Waals surface area contributed by atoms with Crippen molar-refractivity contribution in [1.82, 2.24) is 9.97 Å². The van der Waals surface area contributed by atoms with E-state index in [-0.39, 0.29) is 0 Å². The lowest BCUT2D eigenvalue weighted by Gasteiger charge is -2.12. The van der Waals surface area contributed by atoms with Crippen LogP contribution in [-0.4, -0.2) is 24.2 Å². The Morgan fingerprint density at radius 1 is 0.889 bits per heavy atom. The molecule has 1 heterocycles. The number of hydrogen-bond donors (Lipinski definition) is 2. The molecule has 0 fully saturated rings. The molecular formula is C20H21ClN4O2. The molecule has 1 aromatic heterocycles. The van der Waals surface area contributed by atoms with Gasteiger partial charge in [0.2, 0.25) is 0 Å². The summed E-state index contributed by atoms with van der Waals surface area (Å²) in [4.78, 5) is 8.88. The Morgan fingerprint density at radius 3 is 2.30 bits per heavy atom. The molecule has 0 unspecified atom stereocenters. The van der Waals surface area contributed by atoms with Crippen LogP contribution in [0.4, 0.5) is 17.3 Å². The first-order valence-corrected chi connectivity index (χ1v) is 8.78. The highest BCUT2D eigenvalue weighted by Gasteiger charge is 2.07. The van der Waals surface area contributed by atoms with E-state index in [1.54, 1.807) is 14.2 Å². The number of ether oxygens (including phenoxy) is 2. The summed E-state index contributed by atoms with van der Waals surface area (Å²) in [7, 11) is 3.21. The molecule has 0 saturated carbocycles. The predicted molar refractivity (Wildman–Crippen MR) is 108 cm³/mol. The number of nitrogens with one attached hydrogen (secondary N) is 2. The summed E-state index contributed by atoms with van der Waals surface area (Å²) in [6.07, 6.45) is 0. The van der Waals surface area contributed by atoms with Crippen molar-refractivity contribution < 1.29 is 9.47 Å². The van der Waals surface area contributed by atoms with Gasteiger partial charge < -0.3 is 20.1 Å². The van der Waals surface area contributed by atoms with E-state index in [1.165, 1.54) is 0 Å². The number of rotatable bonds is 7. The van der Waals surface area contributed by atoms with Gasteiger partial charge in [-0.25, -0.2) is 9.97 Å². The fourth-order valence-electron chi connectivity index (χ4n) is 2.58. The van der Waals surface area contributed by atoms with Crippen molar-refractivity contribution in [2.45, 2.75) is 13.5 Å². The Bertz CT molecular complexity index is 916. The third kappa shape index (κ3) is 5.01. The molecule has 0 radical (unpaired) electrons. The largest absolute Gasteiger partial charge is 0.493 e. The average Bonchev–Trinajstić information content (AvgIpc) is 2.67. The van der Waals surface area contributed by atoms with E-state index < -0.39 is 0 Å². The lowest BCUT2D eigenvalue weighted by Crippen LogP contribution is -2.05.